The molecule has 1 aliphatic carbocycles. The SMILES string of the molecule is O=C(NCc1ccc(Cl)cc1)c1cc(O[C@H]2CCN3C(=O)OC[C@@H]3C2)c(-c2cnn(C(F)F)c2)nc1OCC1CC1(F)F. The minimum absolute atomic E-state index is 0.0416. The molecule has 6 rings (SSSR count). The van der Waals surface area contributed by atoms with Crippen LogP contribution in [-0.2, 0) is 11.3 Å². The molecule has 2 aromatic heterocycles. The minimum atomic E-state index is -2.92. The summed E-state index contributed by atoms with van der Waals surface area (Å²) in [5, 5.41) is 6.96. The average Bonchev–Trinajstić information content (AvgIpc) is 3.30. The Morgan fingerprint density at radius 1 is 1.26 bits per heavy atom. The van der Waals surface area contributed by atoms with Gasteiger partial charge in [0.25, 0.3) is 11.8 Å². The fraction of sp³-hybridized carbons (Fsp3) is 0.429. The number of nitrogens with zero attached hydrogens (tertiary/aromatic N) is 4. The van der Waals surface area contributed by atoms with Gasteiger partial charge in [0.05, 0.1) is 24.8 Å². The molecule has 1 unspecified atom stereocenters. The standard InChI is InChI=1S/C28H26ClF4N5O5/c29-18-3-1-15(2-4-18)10-34-24(39)21-8-22(43-20-5-6-37-19(7-20)14-42-27(37)40)23(16-11-35-38(12-16)26(30)31)36-25(21)41-13-17-9-28(17,32)33/h1-4,8,11-12,17,19-20,26H,5-7,9-10,13-14H2,(H,34,39)/t17?,19-,20-/m0/s1. The predicted octanol–water partition coefficient (Wildman–Crippen LogP) is 5.32. The Morgan fingerprint density at radius 3 is 2.72 bits per heavy atom. The molecule has 15 heteroatoms. The molecule has 3 aliphatic rings. The van der Waals surface area contributed by atoms with E-state index in [1.807, 2.05) is 0 Å². The summed E-state index contributed by atoms with van der Waals surface area (Å²) < 4.78 is 71.5. The average molecular weight is 624 g/mol. The molecule has 4 heterocycles. The van der Waals surface area contributed by atoms with Gasteiger partial charge in [-0.15, -0.1) is 0 Å². The largest absolute Gasteiger partial charge is 0.488 e. The molecule has 1 saturated carbocycles. The zero-order valence-corrected chi connectivity index (χ0v) is 23.3. The number of nitrogens with one attached hydrogen (secondary N) is 1. The van der Waals surface area contributed by atoms with Crippen LogP contribution in [0.3, 0.4) is 0 Å². The van der Waals surface area contributed by atoms with Gasteiger partial charge in [0, 0.05) is 55.2 Å². The molecule has 0 bridgehead atoms. The van der Waals surface area contributed by atoms with E-state index in [1.165, 1.54) is 6.07 Å². The van der Waals surface area contributed by atoms with E-state index in [2.05, 4.69) is 15.4 Å². The van der Waals surface area contributed by atoms with Crippen molar-refractivity contribution >= 4 is 23.6 Å². The first-order chi connectivity index (χ1) is 20.6. The number of aromatic nitrogens is 3. The van der Waals surface area contributed by atoms with Gasteiger partial charge in [-0.25, -0.2) is 23.2 Å². The molecular formula is C28H26ClF4N5O5. The molecule has 228 valence electrons. The number of halogens is 5. The van der Waals surface area contributed by atoms with Gasteiger partial charge in [-0.05, 0) is 17.7 Å². The molecule has 2 aliphatic heterocycles. The molecule has 3 atom stereocenters. The summed E-state index contributed by atoms with van der Waals surface area (Å²) in [5.74, 6) is -4.71. The van der Waals surface area contributed by atoms with Gasteiger partial charge in [-0.3, -0.25) is 4.79 Å². The predicted molar refractivity (Wildman–Crippen MR) is 143 cm³/mol. The first-order valence-corrected chi connectivity index (χ1v) is 14.0. The number of rotatable bonds is 10. The van der Waals surface area contributed by atoms with Crippen molar-refractivity contribution in [2.75, 3.05) is 19.8 Å². The molecule has 1 N–H and O–H groups in total. The number of piperidine rings is 1. The number of hydrogen-bond acceptors (Lipinski definition) is 7. The Labute approximate surface area is 247 Å². The number of carbonyl (C=O) groups is 2. The van der Waals surface area contributed by atoms with Crippen LogP contribution in [0.4, 0.5) is 22.4 Å². The maximum atomic E-state index is 13.6. The van der Waals surface area contributed by atoms with Crippen molar-refractivity contribution in [3.8, 4) is 22.9 Å². The summed E-state index contributed by atoms with van der Waals surface area (Å²) in [6, 6.07) is 7.97. The van der Waals surface area contributed by atoms with E-state index in [0.29, 0.717) is 29.1 Å². The van der Waals surface area contributed by atoms with Crippen molar-refractivity contribution in [1.82, 2.24) is 25.0 Å². The second kappa shape index (κ2) is 11.5. The highest BCUT2D eigenvalue weighted by Gasteiger charge is 2.57. The topological polar surface area (TPSA) is 108 Å². The summed E-state index contributed by atoms with van der Waals surface area (Å²) in [7, 11) is 0. The molecular weight excluding hydrogens is 598 g/mol. The van der Waals surface area contributed by atoms with Crippen LogP contribution in [0, 0.1) is 5.92 Å². The molecule has 2 saturated heterocycles. The van der Waals surface area contributed by atoms with Gasteiger partial charge < -0.3 is 24.4 Å². The summed E-state index contributed by atoms with van der Waals surface area (Å²) in [5.41, 5.74) is 0.842. The number of amides is 2. The Bertz CT molecular complexity index is 1520. The quantitative estimate of drug-likeness (QED) is 0.305. The van der Waals surface area contributed by atoms with Gasteiger partial charge in [0.2, 0.25) is 5.88 Å². The van der Waals surface area contributed by atoms with Crippen LogP contribution in [0.25, 0.3) is 11.3 Å². The van der Waals surface area contributed by atoms with Crippen molar-refractivity contribution in [1.29, 1.82) is 0 Å². The lowest BCUT2D eigenvalue weighted by molar-refractivity contribution is 0.0566. The Morgan fingerprint density at radius 2 is 2.02 bits per heavy atom. The normalized spacial score (nSPS) is 22.2. The first-order valence-electron chi connectivity index (χ1n) is 13.6. The smallest absolute Gasteiger partial charge is 0.410 e. The Hall–Kier alpha value is -4.07. The molecule has 10 nitrogen and oxygen atoms in total. The van der Waals surface area contributed by atoms with Crippen molar-refractivity contribution in [2.45, 2.75) is 50.4 Å². The summed E-state index contributed by atoms with van der Waals surface area (Å²) in [6.07, 6.45) is 1.91. The van der Waals surface area contributed by atoms with Crippen molar-refractivity contribution in [3.05, 3.63) is 58.9 Å². The lowest BCUT2D eigenvalue weighted by Crippen LogP contribution is -2.44. The lowest BCUT2D eigenvalue weighted by atomic mass is 10.0. The maximum absolute atomic E-state index is 13.6. The number of ether oxygens (including phenoxy) is 3. The number of carbonyl (C=O) groups excluding carboxylic acids is 2. The number of hydrogen-bond donors (Lipinski definition) is 1. The third-order valence-electron chi connectivity index (χ3n) is 7.61. The van der Waals surface area contributed by atoms with Crippen LogP contribution in [0.5, 0.6) is 11.6 Å². The van der Waals surface area contributed by atoms with Crippen molar-refractivity contribution in [3.63, 3.8) is 0 Å². The van der Waals surface area contributed by atoms with E-state index in [0.717, 1.165) is 18.0 Å². The highest BCUT2D eigenvalue weighted by atomic mass is 35.5. The van der Waals surface area contributed by atoms with E-state index in [4.69, 9.17) is 25.8 Å². The van der Waals surface area contributed by atoms with Gasteiger partial charge in [-0.2, -0.15) is 13.9 Å². The van der Waals surface area contributed by atoms with Crippen LogP contribution in [0.2, 0.25) is 5.02 Å². The number of pyridine rings is 1. The molecule has 3 aromatic rings. The molecule has 1 aromatic carbocycles. The third kappa shape index (κ3) is 6.33. The Balaban J connectivity index is 1.33. The third-order valence-corrected chi connectivity index (χ3v) is 7.86. The second-order valence-electron chi connectivity index (χ2n) is 10.6. The summed E-state index contributed by atoms with van der Waals surface area (Å²) >= 11 is 5.94. The van der Waals surface area contributed by atoms with Crippen LogP contribution in [0.1, 0.15) is 41.7 Å². The maximum Gasteiger partial charge on any atom is 0.410 e. The van der Waals surface area contributed by atoms with Gasteiger partial charge in [0.15, 0.2) is 0 Å². The van der Waals surface area contributed by atoms with Gasteiger partial charge in [-0.1, -0.05) is 23.7 Å². The monoisotopic (exact) mass is 623 g/mol. The number of cyclic esters (lactones) is 1. The lowest BCUT2D eigenvalue weighted by Gasteiger charge is -2.33. The van der Waals surface area contributed by atoms with E-state index in [-0.39, 0.29) is 54.1 Å². The number of fused-ring (bicyclic) bond motifs is 1. The molecule has 0 spiro atoms. The van der Waals surface area contributed by atoms with Crippen LogP contribution >= 0.6 is 11.6 Å². The van der Waals surface area contributed by atoms with Crippen LogP contribution < -0.4 is 14.8 Å². The second-order valence-corrected chi connectivity index (χ2v) is 11.1. The molecule has 43 heavy (non-hydrogen) atoms. The van der Waals surface area contributed by atoms with E-state index < -0.39 is 43.1 Å². The number of alkyl halides is 4. The van der Waals surface area contributed by atoms with Crippen LogP contribution in [0.15, 0.2) is 42.7 Å². The summed E-state index contributed by atoms with van der Waals surface area (Å²) in [6.45, 7) is -2.62. The Kier molecular flexibility index (Phi) is 7.79. The highest BCUT2D eigenvalue weighted by Crippen LogP contribution is 2.49. The zero-order chi connectivity index (χ0) is 30.3. The number of benzene rings is 1. The van der Waals surface area contributed by atoms with Crippen molar-refractivity contribution < 1.29 is 41.4 Å². The van der Waals surface area contributed by atoms with Gasteiger partial charge in [0.1, 0.15) is 29.7 Å². The van der Waals surface area contributed by atoms with E-state index in [1.54, 1.807) is 29.2 Å². The fourth-order valence-electron chi connectivity index (χ4n) is 5.07. The molecule has 0 radical (unpaired) electrons. The molecule has 2 amide bonds. The summed E-state index contributed by atoms with van der Waals surface area (Å²) in [4.78, 5) is 31.4. The van der Waals surface area contributed by atoms with Gasteiger partial charge >= 0.3 is 12.6 Å². The van der Waals surface area contributed by atoms with E-state index in [9.17, 15) is 27.2 Å². The first kappa shape index (κ1) is 29.0. The van der Waals surface area contributed by atoms with Crippen molar-refractivity contribution in [2.24, 2.45) is 5.92 Å². The zero-order valence-electron chi connectivity index (χ0n) is 22.5. The fourth-order valence-corrected chi connectivity index (χ4v) is 5.20. The van der Waals surface area contributed by atoms with E-state index >= 15 is 0 Å². The van der Waals surface area contributed by atoms with Crippen LogP contribution in [-0.4, -0.2) is 69.5 Å². The highest BCUT2D eigenvalue weighted by molar-refractivity contribution is 6.30. The molecule has 3 fully saturated rings. The minimum Gasteiger partial charge on any atom is -0.488 e.